The minimum Gasteiger partial charge on any atom is -0.492 e. The first-order valence-corrected chi connectivity index (χ1v) is 10.7. The number of methoxy groups -OCH3 is 2. The van der Waals surface area contributed by atoms with Crippen LogP contribution in [0, 0.1) is 6.92 Å². The summed E-state index contributed by atoms with van der Waals surface area (Å²) >= 11 is 0. The van der Waals surface area contributed by atoms with E-state index in [0.29, 0.717) is 5.75 Å². The van der Waals surface area contributed by atoms with Gasteiger partial charge in [0.1, 0.15) is 4.90 Å². The van der Waals surface area contributed by atoms with E-state index in [9.17, 15) is 8.42 Å². The lowest BCUT2D eigenvalue weighted by molar-refractivity contribution is 0.341. The molecular formula is C23H22O5S. The van der Waals surface area contributed by atoms with Crippen LogP contribution in [0.5, 0.6) is 17.2 Å². The Morgan fingerprint density at radius 2 is 1.72 bits per heavy atom. The zero-order valence-corrected chi connectivity index (χ0v) is 17.4. The van der Waals surface area contributed by atoms with E-state index in [1.54, 1.807) is 25.3 Å². The van der Waals surface area contributed by atoms with Gasteiger partial charge in [0, 0.05) is 5.56 Å². The van der Waals surface area contributed by atoms with Crippen molar-refractivity contribution in [3.8, 4) is 17.2 Å². The van der Waals surface area contributed by atoms with Gasteiger partial charge in [0.05, 0.1) is 14.2 Å². The minimum atomic E-state index is -4.02. The van der Waals surface area contributed by atoms with Crippen LogP contribution in [0.15, 0.2) is 65.1 Å². The smallest absolute Gasteiger partial charge is 0.339 e. The lowest BCUT2D eigenvalue weighted by Gasteiger charge is -2.20. The molecule has 5 nitrogen and oxygen atoms in total. The van der Waals surface area contributed by atoms with Crippen molar-refractivity contribution in [1.29, 1.82) is 0 Å². The van der Waals surface area contributed by atoms with Crippen molar-refractivity contribution in [2.24, 2.45) is 0 Å². The van der Waals surface area contributed by atoms with Crippen LogP contribution in [-0.4, -0.2) is 22.6 Å². The Labute approximate surface area is 171 Å². The summed E-state index contributed by atoms with van der Waals surface area (Å²) in [4.78, 5) is 0.0886. The van der Waals surface area contributed by atoms with E-state index < -0.39 is 10.1 Å². The highest BCUT2D eigenvalue weighted by molar-refractivity contribution is 7.87. The lowest BCUT2D eigenvalue weighted by atomic mass is 9.95. The van der Waals surface area contributed by atoms with E-state index in [-0.39, 0.29) is 16.4 Å². The van der Waals surface area contributed by atoms with Crippen molar-refractivity contribution in [3.63, 3.8) is 0 Å². The first-order chi connectivity index (χ1) is 13.9. The van der Waals surface area contributed by atoms with Crippen molar-refractivity contribution in [2.75, 3.05) is 14.2 Å². The first-order valence-electron chi connectivity index (χ1n) is 9.33. The number of rotatable bonds is 5. The number of allylic oxidation sites excluding steroid dienone is 6. The molecular weight excluding hydrogens is 388 g/mol. The molecule has 2 aromatic carbocycles. The summed E-state index contributed by atoms with van der Waals surface area (Å²) in [6, 6.07) is 8.28. The molecule has 0 heterocycles. The fourth-order valence-electron chi connectivity index (χ4n) is 3.70. The summed E-state index contributed by atoms with van der Waals surface area (Å²) in [6.07, 6.45) is 9.83. The third-order valence-electron chi connectivity index (χ3n) is 5.10. The average molecular weight is 410 g/mol. The van der Waals surface area contributed by atoms with Gasteiger partial charge in [-0.3, -0.25) is 0 Å². The molecule has 0 N–H and O–H groups in total. The number of ether oxygens (including phenoxy) is 2. The van der Waals surface area contributed by atoms with Crippen molar-refractivity contribution in [3.05, 3.63) is 76.9 Å². The van der Waals surface area contributed by atoms with Crippen LogP contribution in [0.3, 0.4) is 0 Å². The van der Waals surface area contributed by atoms with Gasteiger partial charge in [-0.25, -0.2) is 0 Å². The maximum absolute atomic E-state index is 12.8. The maximum Gasteiger partial charge on any atom is 0.339 e. The molecule has 0 bridgehead atoms. The predicted octanol–water partition coefficient (Wildman–Crippen LogP) is 4.61. The molecule has 0 spiro atoms. The average Bonchev–Trinajstić information content (AvgIpc) is 3.08. The second kappa shape index (κ2) is 7.44. The molecule has 6 heteroatoms. The highest BCUT2D eigenvalue weighted by Gasteiger charge is 2.29. The Hall–Kier alpha value is -2.99. The number of aryl methyl sites for hydroxylation is 2. The Kier molecular flexibility index (Phi) is 4.96. The van der Waals surface area contributed by atoms with Crippen molar-refractivity contribution >= 4 is 15.7 Å². The normalized spacial score (nSPS) is 15.0. The van der Waals surface area contributed by atoms with Crippen molar-refractivity contribution < 1.29 is 22.1 Å². The van der Waals surface area contributed by atoms with Gasteiger partial charge in [-0.2, -0.15) is 8.42 Å². The minimum absolute atomic E-state index is 0.0886. The highest BCUT2D eigenvalue weighted by atomic mass is 32.2. The fourth-order valence-corrected chi connectivity index (χ4v) is 4.63. The quantitative estimate of drug-likeness (QED) is 0.674. The van der Waals surface area contributed by atoms with Crippen LogP contribution in [0.4, 0.5) is 0 Å². The summed E-state index contributed by atoms with van der Waals surface area (Å²) in [5.41, 5.74) is 5.01. The molecule has 0 saturated heterocycles. The number of hydrogen-bond acceptors (Lipinski definition) is 5. The van der Waals surface area contributed by atoms with Crippen LogP contribution in [0.2, 0.25) is 0 Å². The Morgan fingerprint density at radius 1 is 1.00 bits per heavy atom. The predicted molar refractivity (Wildman–Crippen MR) is 112 cm³/mol. The highest BCUT2D eigenvalue weighted by Crippen LogP contribution is 2.49. The van der Waals surface area contributed by atoms with E-state index in [0.717, 1.165) is 40.7 Å². The van der Waals surface area contributed by atoms with Crippen molar-refractivity contribution in [1.82, 2.24) is 0 Å². The summed E-state index contributed by atoms with van der Waals surface area (Å²) in [5, 5.41) is 0. The molecule has 0 amide bonds. The van der Waals surface area contributed by atoms with E-state index in [1.807, 2.05) is 19.1 Å². The zero-order valence-electron chi connectivity index (χ0n) is 16.6. The SMILES string of the molecule is COc1c(OS(=O)(=O)c2ccc(C)cc2)cc2c(c1OC)C1=CC=CC1=CCC2. The lowest BCUT2D eigenvalue weighted by Crippen LogP contribution is -2.12. The molecule has 0 radical (unpaired) electrons. The molecule has 0 unspecified atom stereocenters. The Morgan fingerprint density at radius 3 is 2.41 bits per heavy atom. The van der Waals surface area contributed by atoms with E-state index in [1.165, 1.54) is 19.2 Å². The van der Waals surface area contributed by atoms with Gasteiger partial charge in [-0.05, 0) is 54.7 Å². The Bertz CT molecular complexity index is 1150. The van der Waals surface area contributed by atoms with Gasteiger partial charge in [-0.1, -0.05) is 42.0 Å². The monoisotopic (exact) mass is 410 g/mol. The maximum atomic E-state index is 12.8. The number of hydrogen-bond donors (Lipinski definition) is 0. The van der Waals surface area contributed by atoms with Crippen LogP contribution in [0.1, 0.15) is 23.1 Å². The Balaban J connectivity index is 1.84. The van der Waals surface area contributed by atoms with E-state index in [2.05, 4.69) is 12.2 Å². The molecule has 0 atom stereocenters. The molecule has 2 aliphatic carbocycles. The number of benzene rings is 2. The third kappa shape index (κ3) is 3.44. The summed E-state index contributed by atoms with van der Waals surface area (Å²) in [5.74, 6) is 0.858. The summed E-state index contributed by atoms with van der Waals surface area (Å²) in [7, 11) is -0.991. The second-order valence-corrected chi connectivity index (χ2v) is 8.51. The zero-order chi connectivity index (χ0) is 20.6. The van der Waals surface area contributed by atoms with Crippen LogP contribution >= 0.6 is 0 Å². The van der Waals surface area contributed by atoms with Gasteiger partial charge in [0.25, 0.3) is 0 Å². The van der Waals surface area contributed by atoms with Gasteiger partial charge >= 0.3 is 10.1 Å². The van der Waals surface area contributed by atoms with Gasteiger partial charge < -0.3 is 13.7 Å². The van der Waals surface area contributed by atoms with Crippen LogP contribution in [0.25, 0.3) is 5.57 Å². The van der Waals surface area contributed by atoms with Gasteiger partial charge in [0.15, 0.2) is 11.5 Å². The van der Waals surface area contributed by atoms with Gasteiger partial charge in [0.2, 0.25) is 5.75 Å². The van der Waals surface area contributed by atoms with E-state index >= 15 is 0 Å². The molecule has 4 rings (SSSR count). The molecule has 2 aliphatic rings. The molecule has 0 fully saturated rings. The third-order valence-corrected chi connectivity index (χ3v) is 6.35. The molecule has 0 saturated carbocycles. The standard InChI is InChI=1S/C23H22O5S/c1-15-10-12-18(13-11-15)29(24,25)28-20-14-17-8-4-6-16-7-5-9-19(16)21(17)23(27-3)22(20)26-2/h5-7,9-14H,4,8H2,1-3H3. The molecule has 150 valence electrons. The van der Waals surface area contributed by atoms with E-state index in [4.69, 9.17) is 13.7 Å². The fraction of sp³-hybridized carbons (Fsp3) is 0.217. The molecule has 2 aromatic rings. The number of fused-ring (bicyclic) bond motifs is 3. The van der Waals surface area contributed by atoms with Crippen molar-refractivity contribution in [2.45, 2.75) is 24.7 Å². The van der Waals surface area contributed by atoms with Crippen LogP contribution in [-0.2, 0) is 16.5 Å². The first kappa shape index (κ1) is 19.3. The summed E-state index contributed by atoms with van der Waals surface area (Å²) < 4.78 is 42.4. The van der Waals surface area contributed by atoms with Gasteiger partial charge in [-0.15, -0.1) is 0 Å². The largest absolute Gasteiger partial charge is 0.492 e. The van der Waals surface area contributed by atoms with Crippen LogP contribution < -0.4 is 13.7 Å². The summed E-state index contributed by atoms with van der Waals surface area (Å²) in [6.45, 7) is 1.90. The molecule has 0 aromatic heterocycles. The topological polar surface area (TPSA) is 61.8 Å². The molecule has 0 aliphatic heterocycles. The molecule has 29 heavy (non-hydrogen) atoms. The second-order valence-electron chi connectivity index (χ2n) is 6.96.